The first-order valence-corrected chi connectivity index (χ1v) is 7.35. The fraction of sp³-hybridized carbons (Fsp3) is 0.562. The lowest BCUT2D eigenvalue weighted by Crippen LogP contribution is -2.41. The smallest absolute Gasteiger partial charge is 0.167 e. The molecule has 0 spiro atoms. The molecule has 3 nitrogen and oxygen atoms in total. The first-order valence-electron chi connectivity index (χ1n) is 7.35. The van der Waals surface area contributed by atoms with Crippen LogP contribution in [0.15, 0.2) is 24.3 Å². The number of hydrogen-bond acceptors (Lipinski definition) is 3. The quantitative estimate of drug-likeness (QED) is 0.814. The van der Waals surface area contributed by atoms with Gasteiger partial charge in [0.1, 0.15) is 5.82 Å². The fourth-order valence-corrected chi connectivity index (χ4v) is 2.90. The van der Waals surface area contributed by atoms with Crippen LogP contribution in [0.2, 0.25) is 0 Å². The van der Waals surface area contributed by atoms with Gasteiger partial charge in [-0.15, -0.1) is 0 Å². The van der Waals surface area contributed by atoms with Gasteiger partial charge in [-0.2, -0.15) is 0 Å². The normalized spacial score (nSPS) is 20.0. The lowest BCUT2D eigenvalue weighted by Gasteiger charge is -2.35. The number of benzene rings is 1. The van der Waals surface area contributed by atoms with Gasteiger partial charge in [0.2, 0.25) is 0 Å². The summed E-state index contributed by atoms with van der Waals surface area (Å²) in [5.74, 6) is -0.584. The van der Waals surface area contributed by atoms with Crippen molar-refractivity contribution in [3.05, 3.63) is 35.6 Å². The average Bonchev–Trinajstić information content (AvgIpc) is 2.47. The minimum Gasteiger partial charge on any atom is -0.396 e. The van der Waals surface area contributed by atoms with E-state index in [2.05, 4.69) is 4.90 Å². The van der Waals surface area contributed by atoms with Gasteiger partial charge >= 0.3 is 0 Å². The summed E-state index contributed by atoms with van der Waals surface area (Å²) in [6.45, 7) is 1.80. The SMILES string of the molecule is O=C(CCN1CCCCC1CCO)c1ccccc1F. The molecule has 1 aliphatic heterocycles. The van der Waals surface area contributed by atoms with Crippen molar-refractivity contribution in [1.82, 2.24) is 4.90 Å². The van der Waals surface area contributed by atoms with Crippen LogP contribution in [0, 0.1) is 5.82 Å². The number of hydrogen-bond donors (Lipinski definition) is 1. The number of piperidine rings is 1. The van der Waals surface area contributed by atoms with Gasteiger partial charge < -0.3 is 5.11 Å². The Hall–Kier alpha value is -1.26. The zero-order chi connectivity index (χ0) is 14.4. The van der Waals surface area contributed by atoms with Crippen LogP contribution in [0.25, 0.3) is 0 Å². The molecule has 0 aliphatic carbocycles. The minimum atomic E-state index is -0.442. The number of carbonyl (C=O) groups is 1. The van der Waals surface area contributed by atoms with Crippen molar-refractivity contribution in [2.75, 3.05) is 19.7 Å². The van der Waals surface area contributed by atoms with Gasteiger partial charge in [0.05, 0.1) is 5.56 Å². The van der Waals surface area contributed by atoms with Crippen LogP contribution < -0.4 is 0 Å². The Morgan fingerprint density at radius 1 is 1.35 bits per heavy atom. The number of carbonyl (C=O) groups excluding carboxylic acids is 1. The molecule has 1 fully saturated rings. The highest BCUT2D eigenvalue weighted by molar-refractivity contribution is 5.96. The molecule has 4 heteroatoms. The molecule has 1 saturated heterocycles. The third-order valence-electron chi connectivity index (χ3n) is 4.01. The second-order valence-electron chi connectivity index (χ2n) is 5.35. The topological polar surface area (TPSA) is 40.5 Å². The van der Waals surface area contributed by atoms with E-state index >= 15 is 0 Å². The first kappa shape index (κ1) is 15.1. The number of likely N-dealkylation sites (tertiary alicyclic amines) is 1. The van der Waals surface area contributed by atoms with Gasteiger partial charge in [-0.05, 0) is 37.9 Å². The predicted molar refractivity (Wildman–Crippen MR) is 76.3 cm³/mol. The summed E-state index contributed by atoms with van der Waals surface area (Å²) in [5.41, 5.74) is 0.184. The monoisotopic (exact) mass is 279 g/mol. The van der Waals surface area contributed by atoms with E-state index in [0.717, 1.165) is 25.8 Å². The lowest BCUT2D eigenvalue weighted by molar-refractivity contribution is 0.0893. The molecule has 0 saturated carbocycles. The highest BCUT2D eigenvalue weighted by atomic mass is 19.1. The maximum Gasteiger partial charge on any atom is 0.167 e. The van der Waals surface area contributed by atoms with E-state index in [-0.39, 0.29) is 18.0 Å². The number of ketones is 1. The molecule has 1 aromatic rings. The molecule has 20 heavy (non-hydrogen) atoms. The van der Waals surface area contributed by atoms with Crippen molar-refractivity contribution in [2.45, 2.75) is 38.1 Å². The molecule has 0 bridgehead atoms. The summed E-state index contributed by atoms with van der Waals surface area (Å²) in [6, 6.07) is 6.50. The van der Waals surface area contributed by atoms with Crippen molar-refractivity contribution in [2.24, 2.45) is 0 Å². The number of halogens is 1. The number of nitrogens with zero attached hydrogens (tertiary/aromatic N) is 1. The van der Waals surface area contributed by atoms with E-state index in [1.807, 2.05) is 0 Å². The molecule has 1 aromatic carbocycles. The van der Waals surface area contributed by atoms with Gasteiger partial charge in [-0.3, -0.25) is 9.69 Å². The maximum absolute atomic E-state index is 13.5. The molecule has 1 atom stereocenters. The molecule has 1 aliphatic rings. The van der Waals surface area contributed by atoms with E-state index in [0.29, 0.717) is 19.0 Å². The molecule has 2 rings (SSSR count). The molecule has 0 aromatic heterocycles. The Labute approximate surface area is 119 Å². The summed E-state index contributed by atoms with van der Waals surface area (Å²) in [7, 11) is 0. The van der Waals surface area contributed by atoms with E-state index in [9.17, 15) is 9.18 Å². The van der Waals surface area contributed by atoms with E-state index in [1.54, 1.807) is 18.2 Å². The zero-order valence-corrected chi connectivity index (χ0v) is 11.7. The van der Waals surface area contributed by atoms with E-state index in [1.165, 1.54) is 12.5 Å². The molecule has 110 valence electrons. The van der Waals surface area contributed by atoms with E-state index in [4.69, 9.17) is 5.11 Å². The number of aliphatic hydroxyl groups excluding tert-OH is 1. The van der Waals surface area contributed by atoms with Crippen LogP contribution in [0.4, 0.5) is 4.39 Å². The van der Waals surface area contributed by atoms with Crippen molar-refractivity contribution in [3.63, 3.8) is 0 Å². The fourth-order valence-electron chi connectivity index (χ4n) is 2.90. The molecule has 0 amide bonds. The molecule has 0 radical (unpaired) electrons. The third-order valence-corrected chi connectivity index (χ3v) is 4.01. The molecule has 1 N–H and O–H groups in total. The van der Waals surface area contributed by atoms with Crippen molar-refractivity contribution >= 4 is 5.78 Å². The Kier molecular flexibility index (Phi) is 5.68. The van der Waals surface area contributed by atoms with Crippen LogP contribution in [0.3, 0.4) is 0 Å². The first-order chi connectivity index (χ1) is 9.72. The van der Waals surface area contributed by atoms with E-state index < -0.39 is 5.82 Å². The molecular formula is C16H22FNO2. The van der Waals surface area contributed by atoms with Gasteiger partial charge in [0, 0.05) is 25.6 Å². The zero-order valence-electron chi connectivity index (χ0n) is 11.7. The van der Waals surface area contributed by atoms with Crippen LogP contribution >= 0.6 is 0 Å². The van der Waals surface area contributed by atoms with Gasteiger partial charge in [-0.25, -0.2) is 4.39 Å². The Morgan fingerprint density at radius 3 is 2.90 bits per heavy atom. The van der Waals surface area contributed by atoms with Crippen molar-refractivity contribution in [1.29, 1.82) is 0 Å². The largest absolute Gasteiger partial charge is 0.396 e. The van der Waals surface area contributed by atoms with Crippen LogP contribution in [0.1, 0.15) is 42.5 Å². The molecule has 1 heterocycles. The highest BCUT2D eigenvalue weighted by Gasteiger charge is 2.22. The minimum absolute atomic E-state index is 0.142. The van der Waals surface area contributed by atoms with Crippen LogP contribution in [-0.2, 0) is 0 Å². The Bertz CT molecular complexity index is 448. The number of aliphatic hydroxyl groups is 1. The number of rotatable bonds is 6. The summed E-state index contributed by atoms with van der Waals surface area (Å²) < 4.78 is 13.5. The summed E-state index contributed by atoms with van der Waals surface area (Å²) >= 11 is 0. The molecule has 1 unspecified atom stereocenters. The summed E-state index contributed by atoms with van der Waals surface area (Å²) in [5, 5.41) is 9.08. The second-order valence-corrected chi connectivity index (χ2v) is 5.35. The third kappa shape index (κ3) is 3.87. The van der Waals surface area contributed by atoms with Gasteiger partial charge in [-0.1, -0.05) is 18.6 Å². The Balaban J connectivity index is 1.90. The standard InChI is InChI=1S/C16H22FNO2/c17-15-7-2-1-6-14(15)16(20)8-11-18-10-4-3-5-13(18)9-12-19/h1-2,6-7,13,19H,3-5,8-12H2. The lowest BCUT2D eigenvalue weighted by atomic mass is 9.98. The van der Waals surface area contributed by atoms with Crippen molar-refractivity contribution in [3.8, 4) is 0 Å². The van der Waals surface area contributed by atoms with Gasteiger partial charge in [0.15, 0.2) is 5.78 Å². The maximum atomic E-state index is 13.5. The second kappa shape index (κ2) is 7.50. The van der Waals surface area contributed by atoms with Gasteiger partial charge in [0.25, 0.3) is 0 Å². The predicted octanol–water partition coefficient (Wildman–Crippen LogP) is 2.64. The average molecular weight is 279 g/mol. The molecular weight excluding hydrogens is 257 g/mol. The Morgan fingerprint density at radius 2 is 2.15 bits per heavy atom. The summed E-state index contributed by atoms with van der Waals surface area (Å²) in [4.78, 5) is 14.3. The van der Waals surface area contributed by atoms with Crippen LogP contribution in [0.5, 0.6) is 0 Å². The number of Topliss-reactive ketones (excluding diaryl/α,β-unsaturated/α-hetero) is 1. The summed E-state index contributed by atoms with van der Waals surface area (Å²) in [6.07, 6.45) is 4.49. The van der Waals surface area contributed by atoms with Crippen molar-refractivity contribution < 1.29 is 14.3 Å². The highest BCUT2D eigenvalue weighted by Crippen LogP contribution is 2.20. The van der Waals surface area contributed by atoms with Crippen LogP contribution in [-0.4, -0.2) is 41.5 Å².